The van der Waals surface area contributed by atoms with Crippen LogP contribution < -0.4 is 10.1 Å². The maximum atomic E-state index is 12.8. The Morgan fingerprint density at radius 2 is 2.06 bits per heavy atom. The number of benzene rings is 2. The van der Waals surface area contributed by atoms with Crippen molar-refractivity contribution in [1.82, 2.24) is 25.1 Å². The first-order chi connectivity index (χ1) is 15.1. The lowest BCUT2D eigenvalue weighted by Crippen LogP contribution is -2.45. The Morgan fingerprint density at radius 1 is 1.19 bits per heavy atom. The largest absolute Gasteiger partial charge is 0.482 e. The number of ether oxygens (including phenoxy) is 1. The molecule has 1 N–H and O–H groups in total. The lowest BCUT2D eigenvalue weighted by molar-refractivity contribution is -0.136. The van der Waals surface area contributed by atoms with Crippen LogP contribution in [0.5, 0.6) is 5.75 Å². The number of aromatic nitrogens is 4. The van der Waals surface area contributed by atoms with E-state index in [2.05, 4.69) is 20.8 Å². The highest BCUT2D eigenvalue weighted by Gasteiger charge is 2.28. The van der Waals surface area contributed by atoms with E-state index in [9.17, 15) is 9.59 Å². The molecular formula is C21H21ClN6O3. The molecule has 10 heteroatoms. The van der Waals surface area contributed by atoms with Crippen LogP contribution in [-0.4, -0.2) is 56.6 Å². The molecule has 4 rings (SSSR count). The third-order valence-electron chi connectivity index (χ3n) is 5.06. The summed E-state index contributed by atoms with van der Waals surface area (Å²) >= 11 is 6.06. The summed E-state index contributed by atoms with van der Waals surface area (Å²) in [6.45, 7) is 0.832. The lowest BCUT2D eigenvalue weighted by Gasteiger charge is -2.32. The number of para-hydroxylation sites is 1. The average Bonchev–Trinajstić information content (AvgIpc) is 3.34. The van der Waals surface area contributed by atoms with Crippen molar-refractivity contribution < 1.29 is 14.3 Å². The fourth-order valence-electron chi connectivity index (χ4n) is 3.46. The molecule has 1 atom stereocenters. The molecule has 0 bridgehead atoms. The van der Waals surface area contributed by atoms with Crippen LogP contribution >= 0.6 is 11.6 Å². The van der Waals surface area contributed by atoms with Crippen LogP contribution in [0.1, 0.15) is 12.8 Å². The van der Waals surface area contributed by atoms with Crippen molar-refractivity contribution in [3.63, 3.8) is 0 Å². The van der Waals surface area contributed by atoms with Crippen LogP contribution in [0.15, 0.2) is 54.9 Å². The molecule has 31 heavy (non-hydrogen) atoms. The Kier molecular flexibility index (Phi) is 6.42. The molecule has 0 saturated carbocycles. The highest BCUT2D eigenvalue weighted by atomic mass is 35.5. The summed E-state index contributed by atoms with van der Waals surface area (Å²) in [5, 5.41) is 14.5. The van der Waals surface area contributed by atoms with Gasteiger partial charge in [0.15, 0.2) is 6.61 Å². The molecule has 1 aliphatic rings. The topological polar surface area (TPSA) is 102 Å². The molecule has 1 aliphatic heterocycles. The molecule has 2 heterocycles. The van der Waals surface area contributed by atoms with Gasteiger partial charge in [-0.1, -0.05) is 29.8 Å². The van der Waals surface area contributed by atoms with Crippen LogP contribution in [0.3, 0.4) is 0 Å². The number of amides is 2. The fraction of sp³-hybridized carbons (Fsp3) is 0.286. The monoisotopic (exact) mass is 440 g/mol. The first kappa shape index (κ1) is 20.8. The van der Waals surface area contributed by atoms with Gasteiger partial charge in [-0.2, -0.15) is 0 Å². The first-order valence-electron chi connectivity index (χ1n) is 9.89. The molecule has 1 aromatic heterocycles. The van der Waals surface area contributed by atoms with Gasteiger partial charge < -0.3 is 15.0 Å². The van der Waals surface area contributed by atoms with E-state index >= 15 is 0 Å². The van der Waals surface area contributed by atoms with Gasteiger partial charge in [0, 0.05) is 18.8 Å². The van der Waals surface area contributed by atoms with Crippen molar-refractivity contribution in [2.45, 2.75) is 12.8 Å². The molecule has 160 valence electrons. The zero-order valence-electron chi connectivity index (χ0n) is 16.6. The Labute approximate surface area is 183 Å². The van der Waals surface area contributed by atoms with E-state index in [0.29, 0.717) is 36.0 Å². The number of likely N-dealkylation sites (tertiary alicyclic amines) is 1. The molecule has 9 nitrogen and oxygen atoms in total. The molecule has 3 aromatic rings. The standard InChI is InChI=1S/C21H21ClN6O3/c22-18-8-1-2-9-19(18)31-13-20(29)27-10-4-5-15(12-27)21(30)24-16-6-3-7-17(11-16)28-14-23-25-26-28/h1-3,6-9,11,14-15H,4-5,10,12-13H2,(H,24,30)/t15-/m1/s1. The zero-order valence-corrected chi connectivity index (χ0v) is 17.4. The van der Waals surface area contributed by atoms with Crippen LogP contribution in [0.2, 0.25) is 5.02 Å². The number of halogens is 1. The van der Waals surface area contributed by atoms with E-state index in [0.717, 1.165) is 12.1 Å². The van der Waals surface area contributed by atoms with Crippen LogP contribution in [0.4, 0.5) is 5.69 Å². The summed E-state index contributed by atoms with van der Waals surface area (Å²) in [5.74, 6) is -0.127. The Hall–Kier alpha value is -3.46. The third kappa shape index (κ3) is 5.18. The number of tetrazole rings is 1. The van der Waals surface area contributed by atoms with Crippen molar-refractivity contribution in [3.05, 3.63) is 59.9 Å². The van der Waals surface area contributed by atoms with Gasteiger partial charge in [-0.05, 0) is 53.6 Å². The average molecular weight is 441 g/mol. The van der Waals surface area contributed by atoms with Crippen molar-refractivity contribution >= 4 is 29.1 Å². The number of carbonyl (C=O) groups is 2. The van der Waals surface area contributed by atoms with Gasteiger partial charge in [0.25, 0.3) is 5.91 Å². The SMILES string of the molecule is O=C(Nc1cccc(-n2cnnn2)c1)[C@@H]1CCCN(C(=O)COc2ccccc2Cl)C1. The molecule has 2 amide bonds. The maximum Gasteiger partial charge on any atom is 0.260 e. The maximum absolute atomic E-state index is 12.8. The van der Waals surface area contributed by atoms with E-state index in [-0.39, 0.29) is 24.3 Å². The Bertz CT molecular complexity index is 1060. The summed E-state index contributed by atoms with van der Waals surface area (Å²) in [4.78, 5) is 27.1. The van der Waals surface area contributed by atoms with Gasteiger partial charge in [0.05, 0.1) is 16.6 Å². The second-order valence-corrected chi connectivity index (χ2v) is 7.60. The molecule has 2 aromatic carbocycles. The number of hydrogen-bond acceptors (Lipinski definition) is 6. The fourth-order valence-corrected chi connectivity index (χ4v) is 3.65. The van der Waals surface area contributed by atoms with Gasteiger partial charge >= 0.3 is 0 Å². The van der Waals surface area contributed by atoms with Crippen LogP contribution in [0, 0.1) is 5.92 Å². The number of hydrogen-bond donors (Lipinski definition) is 1. The third-order valence-corrected chi connectivity index (χ3v) is 5.37. The van der Waals surface area contributed by atoms with Gasteiger partial charge in [0.2, 0.25) is 5.91 Å². The Balaban J connectivity index is 1.34. The van der Waals surface area contributed by atoms with Crippen molar-refractivity contribution in [1.29, 1.82) is 0 Å². The number of nitrogens with zero attached hydrogens (tertiary/aromatic N) is 5. The summed E-state index contributed by atoms with van der Waals surface area (Å²) in [6.07, 6.45) is 2.95. The predicted octanol–water partition coefficient (Wildman–Crippen LogP) is 2.57. The second-order valence-electron chi connectivity index (χ2n) is 7.19. The lowest BCUT2D eigenvalue weighted by atomic mass is 9.97. The summed E-state index contributed by atoms with van der Waals surface area (Å²) in [6, 6.07) is 14.3. The highest BCUT2D eigenvalue weighted by molar-refractivity contribution is 6.32. The number of rotatable bonds is 6. The minimum absolute atomic E-state index is 0.119. The quantitative estimate of drug-likeness (QED) is 0.632. The molecule has 0 unspecified atom stereocenters. The predicted molar refractivity (Wildman–Crippen MR) is 114 cm³/mol. The van der Waals surface area contributed by atoms with E-state index in [1.165, 1.54) is 11.0 Å². The molecule has 1 saturated heterocycles. The second kappa shape index (κ2) is 9.57. The zero-order chi connectivity index (χ0) is 21.6. The number of nitrogens with one attached hydrogen (secondary N) is 1. The van der Waals surface area contributed by atoms with E-state index < -0.39 is 0 Å². The number of carbonyl (C=O) groups excluding carboxylic acids is 2. The van der Waals surface area contributed by atoms with Gasteiger partial charge in [-0.3, -0.25) is 9.59 Å². The van der Waals surface area contributed by atoms with E-state index in [4.69, 9.17) is 16.3 Å². The van der Waals surface area contributed by atoms with Crippen LogP contribution in [-0.2, 0) is 9.59 Å². The smallest absolute Gasteiger partial charge is 0.260 e. The first-order valence-corrected chi connectivity index (χ1v) is 10.3. The van der Waals surface area contributed by atoms with Crippen LogP contribution in [0.25, 0.3) is 5.69 Å². The molecular weight excluding hydrogens is 420 g/mol. The van der Waals surface area contributed by atoms with Crippen molar-refractivity contribution in [3.8, 4) is 11.4 Å². The number of anilines is 1. The summed E-state index contributed by atoms with van der Waals surface area (Å²) in [5.41, 5.74) is 1.38. The van der Waals surface area contributed by atoms with Crippen molar-refractivity contribution in [2.75, 3.05) is 25.0 Å². The van der Waals surface area contributed by atoms with E-state index in [1.54, 1.807) is 41.3 Å². The normalized spacial score (nSPS) is 16.0. The van der Waals surface area contributed by atoms with Gasteiger partial charge in [-0.15, -0.1) is 5.10 Å². The minimum Gasteiger partial charge on any atom is -0.482 e. The highest BCUT2D eigenvalue weighted by Crippen LogP contribution is 2.24. The van der Waals surface area contributed by atoms with Gasteiger partial charge in [0.1, 0.15) is 12.1 Å². The summed E-state index contributed by atoms with van der Waals surface area (Å²) in [7, 11) is 0. The molecule has 1 fully saturated rings. The van der Waals surface area contributed by atoms with E-state index in [1.807, 2.05) is 12.1 Å². The molecule has 0 aliphatic carbocycles. The Morgan fingerprint density at radius 3 is 2.87 bits per heavy atom. The molecule has 0 radical (unpaired) electrons. The molecule has 0 spiro atoms. The summed E-state index contributed by atoms with van der Waals surface area (Å²) < 4.78 is 7.06. The minimum atomic E-state index is -0.297. The van der Waals surface area contributed by atoms with Gasteiger partial charge in [-0.25, -0.2) is 4.68 Å². The number of piperidine rings is 1. The van der Waals surface area contributed by atoms with Crippen molar-refractivity contribution in [2.24, 2.45) is 5.92 Å².